The van der Waals surface area contributed by atoms with Crippen molar-refractivity contribution in [3.63, 3.8) is 0 Å². The number of hydrogen-bond donors (Lipinski definition) is 1. The van der Waals surface area contributed by atoms with Gasteiger partial charge in [0.05, 0.1) is 35.9 Å². The molecule has 2 aromatic carbocycles. The van der Waals surface area contributed by atoms with Crippen LogP contribution in [-0.2, 0) is 11.3 Å². The Balaban J connectivity index is 1.41. The monoisotopic (exact) mass is 418 g/mol. The van der Waals surface area contributed by atoms with E-state index >= 15 is 0 Å². The van der Waals surface area contributed by atoms with Crippen LogP contribution in [0.25, 0.3) is 5.69 Å². The minimum Gasteiger partial charge on any atom is -0.378 e. The van der Waals surface area contributed by atoms with Gasteiger partial charge in [0.25, 0.3) is 11.8 Å². The summed E-state index contributed by atoms with van der Waals surface area (Å²) in [6.45, 7) is 6.50. The van der Waals surface area contributed by atoms with Gasteiger partial charge in [0.1, 0.15) is 0 Å². The Labute approximate surface area is 181 Å². The van der Waals surface area contributed by atoms with Gasteiger partial charge in [-0.2, -0.15) is 5.10 Å². The molecule has 7 heteroatoms. The number of morpholine rings is 1. The smallest absolute Gasteiger partial charge is 0.255 e. The number of carbonyl (C=O) groups excluding carboxylic acids is 2. The molecule has 1 saturated heterocycles. The molecule has 0 radical (unpaired) electrons. The molecule has 3 aromatic rings. The molecule has 1 aromatic heterocycles. The minimum absolute atomic E-state index is 0.0125. The number of benzene rings is 2. The van der Waals surface area contributed by atoms with Crippen molar-refractivity contribution in [1.29, 1.82) is 0 Å². The van der Waals surface area contributed by atoms with Crippen LogP contribution in [-0.4, -0.2) is 52.8 Å². The maximum atomic E-state index is 12.8. The fourth-order valence-corrected chi connectivity index (χ4v) is 3.78. The maximum Gasteiger partial charge on any atom is 0.255 e. The van der Waals surface area contributed by atoms with E-state index in [0.29, 0.717) is 49.7 Å². The highest BCUT2D eigenvalue weighted by Gasteiger charge is 2.20. The van der Waals surface area contributed by atoms with Crippen molar-refractivity contribution < 1.29 is 14.3 Å². The lowest BCUT2D eigenvalue weighted by molar-refractivity contribution is 0.0303. The largest absolute Gasteiger partial charge is 0.378 e. The van der Waals surface area contributed by atoms with E-state index in [4.69, 9.17) is 4.74 Å². The highest BCUT2D eigenvalue weighted by atomic mass is 16.5. The Morgan fingerprint density at radius 3 is 2.35 bits per heavy atom. The summed E-state index contributed by atoms with van der Waals surface area (Å²) in [5, 5.41) is 7.51. The maximum absolute atomic E-state index is 12.8. The molecule has 0 atom stereocenters. The zero-order chi connectivity index (χ0) is 21.8. The first-order chi connectivity index (χ1) is 15.0. The van der Waals surface area contributed by atoms with Crippen LogP contribution in [0, 0.1) is 13.8 Å². The topological polar surface area (TPSA) is 76.5 Å². The van der Waals surface area contributed by atoms with Crippen molar-refractivity contribution in [2.24, 2.45) is 0 Å². The summed E-state index contributed by atoms with van der Waals surface area (Å²) in [6, 6.07) is 17.1. The van der Waals surface area contributed by atoms with Crippen LogP contribution >= 0.6 is 0 Å². The molecule has 1 fully saturated rings. The van der Waals surface area contributed by atoms with Crippen LogP contribution in [0.4, 0.5) is 0 Å². The number of carbonyl (C=O) groups is 2. The Morgan fingerprint density at radius 2 is 1.68 bits per heavy atom. The number of rotatable bonds is 5. The molecule has 0 saturated carbocycles. The van der Waals surface area contributed by atoms with Crippen LogP contribution in [0.1, 0.15) is 37.7 Å². The normalized spacial score (nSPS) is 13.8. The molecule has 2 heterocycles. The van der Waals surface area contributed by atoms with Gasteiger partial charge < -0.3 is 15.0 Å². The Morgan fingerprint density at radius 1 is 1.00 bits per heavy atom. The van der Waals surface area contributed by atoms with Gasteiger partial charge in [-0.1, -0.05) is 30.3 Å². The predicted molar refractivity (Wildman–Crippen MR) is 117 cm³/mol. The number of ether oxygens (including phenoxy) is 1. The number of aromatic nitrogens is 2. The molecule has 31 heavy (non-hydrogen) atoms. The van der Waals surface area contributed by atoms with Crippen molar-refractivity contribution in [1.82, 2.24) is 20.0 Å². The van der Waals surface area contributed by atoms with Gasteiger partial charge in [0.15, 0.2) is 0 Å². The number of amides is 2. The molecular weight excluding hydrogens is 392 g/mol. The molecule has 1 aliphatic rings. The SMILES string of the molecule is Cc1nn(-c2ccccc2)c(C)c1C(=O)NCc1ccc(C(=O)N2CCOCC2)cc1. The molecule has 160 valence electrons. The lowest BCUT2D eigenvalue weighted by Crippen LogP contribution is -2.40. The second-order valence-corrected chi connectivity index (χ2v) is 7.58. The van der Waals surface area contributed by atoms with Gasteiger partial charge in [-0.3, -0.25) is 9.59 Å². The molecule has 0 unspecified atom stereocenters. The molecule has 1 aliphatic heterocycles. The molecule has 0 aliphatic carbocycles. The third-order valence-electron chi connectivity index (χ3n) is 5.47. The van der Waals surface area contributed by atoms with Gasteiger partial charge in [0, 0.05) is 25.2 Å². The second kappa shape index (κ2) is 9.14. The van der Waals surface area contributed by atoms with Gasteiger partial charge in [0.2, 0.25) is 0 Å². The van der Waals surface area contributed by atoms with E-state index in [1.807, 2.05) is 68.4 Å². The Bertz CT molecular complexity index is 1070. The molecule has 0 spiro atoms. The molecular formula is C24H26N4O3. The summed E-state index contributed by atoms with van der Waals surface area (Å²) in [5.41, 5.74) is 4.56. The van der Waals surface area contributed by atoms with Crippen molar-refractivity contribution in [2.45, 2.75) is 20.4 Å². The van der Waals surface area contributed by atoms with Crippen LogP contribution in [0.2, 0.25) is 0 Å². The molecule has 1 N–H and O–H groups in total. The summed E-state index contributed by atoms with van der Waals surface area (Å²) in [4.78, 5) is 27.2. The number of para-hydroxylation sites is 1. The highest BCUT2D eigenvalue weighted by molar-refractivity contribution is 5.96. The van der Waals surface area contributed by atoms with E-state index in [1.54, 1.807) is 9.58 Å². The van der Waals surface area contributed by atoms with Gasteiger partial charge in [-0.05, 0) is 43.7 Å². The number of nitrogens with one attached hydrogen (secondary N) is 1. The fourth-order valence-electron chi connectivity index (χ4n) is 3.78. The summed E-state index contributed by atoms with van der Waals surface area (Å²) in [6.07, 6.45) is 0. The standard InChI is InChI=1S/C24H26N4O3/c1-17-22(18(2)28(26-17)21-6-4-3-5-7-21)23(29)25-16-19-8-10-20(11-9-19)24(30)27-12-14-31-15-13-27/h3-11H,12-16H2,1-2H3,(H,25,29). The van der Waals surface area contributed by atoms with E-state index in [0.717, 1.165) is 16.9 Å². The zero-order valence-corrected chi connectivity index (χ0v) is 17.8. The fraction of sp³-hybridized carbons (Fsp3) is 0.292. The van der Waals surface area contributed by atoms with Crippen LogP contribution in [0.3, 0.4) is 0 Å². The number of nitrogens with zero attached hydrogens (tertiary/aromatic N) is 3. The van der Waals surface area contributed by atoms with E-state index in [9.17, 15) is 9.59 Å². The van der Waals surface area contributed by atoms with E-state index in [-0.39, 0.29) is 11.8 Å². The highest BCUT2D eigenvalue weighted by Crippen LogP contribution is 2.18. The van der Waals surface area contributed by atoms with Crippen molar-refractivity contribution >= 4 is 11.8 Å². The average Bonchev–Trinajstić information content (AvgIpc) is 3.12. The second-order valence-electron chi connectivity index (χ2n) is 7.58. The van der Waals surface area contributed by atoms with Gasteiger partial charge >= 0.3 is 0 Å². The zero-order valence-electron chi connectivity index (χ0n) is 17.8. The third kappa shape index (κ3) is 4.51. The summed E-state index contributed by atoms with van der Waals surface area (Å²) in [5.74, 6) is -0.149. The molecule has 0 bridgehead atoms. The average molecular weight is 418 g/mol. The minimum atomic E-state index is -0.161. The van der Waals surface area contributed by atoms with Crippen LogP contribution in [0.5, 0.6) is 0 Å². The van der Waals surface area contributed by atoms with Gasteiger partial charge in [-0.15, -0.1) is 0 Å². The third-order valence-corrected chi connectivity index (χ3v) is 5.47. The van der Waals surface area contributed by atoms with Crippen molar-refractivity contribution in [2.75, 3.05) is 26.3 Å². The first-order valence-electron chi connectivity index (χ1n) is 10.4. The van der Waals surface area contributed by atoms with E-state index in [2.05, 4.69) is 10.4 Å². The van der Waals surface area contributed by atoms with Gasteiger partial charge in [-0.25, -0.2) is 4.68 Å². The Kier molecular flexibility index (Phi) is 6.13. The summed E-state index contributed by atoms with van der Waals surface area (Å²) >= 11 is 0. The first-order valence-corrected chi connectivity index (χ1v) is 10.4. The van der Waals surface area contributed by atoms with Crippen molar-refractivity contribution in [3.05, 3.63) is 82.7 Å². The first kappa shape index (κ1) is 20.8. The van der Waals surface area contributed by atoms with Crippen molar-refractivity contribution in [3.8, 4) is 5.69 Å². The lowest BCUT2D eigenvalue weighted by atomic mass is 10.1. The lowest BCUT2D eigenvalue weighted by Gasteiger charge is -2.26. The van der Waals surface area contributed by atoms with E-state index < -0.39 is 0 Å². The molecule has 2 amide bonds. The summed E-state index contributed by atoms with van der Waals surface area (Å²) < 4.78 is 7.09. The molecule has 4 rings (SSSR count). The Hall–Kier alpha value is -3.45. The van der Waals surface area contributed by atoms with Crippen LogP contribution in [0.15, 0.2) is 54.6 Å². The quantitative estimate of drug-likeness (QED) is 0.691. The summed E-state index contributed by atoms with van der Waals surface area (Å²) in [7, 11) is 0. The van der Waals surface area contributed by atoms with Crippen LogP contribution < -0.4 is 5.32 Å². The van der Waals surface area contributed by atoms with E-state index in [1.165, 1.54) is 0 Å². The predicted octanol–water partition coefficient (Wildman–Crippen LogP) is 2.89. The number of aryl methyl sites for hydroxylation is 1. The number of hydrogen-bond acceptors (Lipinski definition) is 4. The molecule has 7 nitrogen and oxygen atoms in total.